The molecule has 3 nitrogen and oxygen atoms in total. The van der Waals surface area contributed by atoms with Crippen LogP contribution in [0.2, 0.25) is 5.15 Å². The van der Waals surface area contributed by atoms with Crippen LogP contribution in [0.3, 0.4) is 0 Å². The summed E-state index contributed by atoms with van der Waals surface area (Å²) in [4.78, 5) is 16.5. The molecule has 1 saturated carbocycles. The van der Waals surface area contributed by atoms with E-state index in [1.807, 2.05) is 0 Å². The van der Waals surface area contributed by atoms with Gasteiger partial charge in [0.2, 0.25) is 0 Å². The first-order chi connectivity index (χ1) is 9.57. The molecule has 0 amide bonds. The number of carbonyl (C=O) groups is 1. The molecule has 1 heterocycles. The van der Waals surface area contributed by atoms with Crippen LogP contribution in [0.25, 0.3) is 0 Å². The van der Waals surface area contributed by atoms with Crippen molar-refractivity contribution in [1.82, 2.24) is 4.98 Å². The van der Waals surface area contributed by atoms with E-state index >= 15 is 0 Å². The van der Waals surface area contributed by atoms with Gasteiger partial charge in [-0.3, -0.25) is 4.79 Å². The van der Waals surface area contributed by atoms with Crippen molar-refractivity contribution < 1.29 is 9.53 Å². The molecule has 1 aromatic heterocycles. The topological polar surface area (TPSA) is 39.2 Å². The summed E-state index contributed by atoms with van der Waals surface area (Å²) >= 11 is 5.92. The van der Waals surface area contributed by atoms with E-state index in [0.717, 1.165) is 32.1 Å². The molecule has 4 heteroatoms. The first-order valence-electron chi connectivity index (χ1n) is 7.01. The number of allylic oxidation sites excluding steroid dienone is 1. The van der Waals surface area contributed by atoms with Crippen molar-refractivity contribution >= 4 is 17.4 Å². The highest BCUT2D eigenvalue weighted by molar-refractivity contribution is 6.30. The highest BCUT2D eigenvalue weighted by Gasteiger charge is 2.38. The first kappa shape index (κ1) is 15.0. The monoisotopic (exact) mass is 293 g/mol. The van der Waals surface area contributed by atoms with Gasteiger partial charge in [0, 0.05) is 11.6 Å². The average molecular weight is 294 g/mol. The number of hydrogen-bond acceptors (Lipinski definition) is 3. The predicted molar refractivity (Wildman–Crippen MR) is 80.1 cm³/mol. The largest absolute Gasteiger partial charge is 0.483 e. The Morgan fingerprint density at radius 2 is 2.40 bits per heavy atom. The Morgan fingerprint density at radius 1 is 1.60 bits per heavy atom. The van der Waals surface area contributed by atoms with Crippen LogP contribution in [-0.2, 0) is 4.79 Å². The number of rotatable bonds is 5. The van der Waals surface area contributed by atoms with Crippen molar-refractivity contribution in [2.45, 2.75) is 39.0 Å². The molecule has 0 spiro atoms. The minimum Gasteiger partial charge on any atom is -0.483 e. The summed E-state index contributed by atoms with van der Waals surface area (Å²) in [5.74, 6) is 0.601. The third-order valence-corrected chi connectivity index (χ3v) is 4.41. The third-order valence-electron chi connectivity index (χ3n) is 4.13. The van der Waals surface area contributed by atoms with Crippen molar-refractivity contribution in [3.8, 4) is 5.75 Å². The maximum atomic E-state index is 12.6. The van der Waals surface area contributed by atoms with E-state index in [1.165, 1.54) is 5.57 Å². The van der Waals surface area contributed by atoms with Crippen molar-refractivity contribution in [1.29, 1.82) is 0 Å². The average Bonchev–Trinajstić information content (AvgIpc) is 2.46. The zero-order valence-corrected chi connectivity index (χ0v) is 12.6. The summed E-state index contributed by atoms with van der Waals surface area (Å²) in [6.07, 6.45) is 6.19. The summed E-state index contributed by atoms with van der Waals surface area (Å²) in [6, 6.07) is 3.46. The van der Waals surface area contributed by atoms with Gasteiger partial charge in [0.1, 0.15) is 6.61 Å². The summed E-state index contributed by atoms with van der Waals surface area (Å²) in [6.45, 7) is 6.16. The second kappa shape index (κ2) is 6.40. The van der Waals surface area contributed by atoms with Crippen LogP contribution in [-0.4, -0.2) is 17.4 Å². The minimum absolute atomic E-state index is 0.0481. The molecular formula is C16H20ClNO2. The highest BCUT2D eigenvalue weighted by atomic mass is 35.5. The standard InChI is InChI=1S/C16H20ClNO2/c1-3-16(8-4-6-12(2)10-16)14(19)11-20-13-7-5-9-18-15(13)17/h5,7,9H,2-4,6,8,10-11H2,1H3. The van der Waals surface area contributed by atoms with Crippen LogP contribution in [0.15, 0.2) is 30.5 Å². The molecule has 0 aliphatic heterocycles. The lowest BCUT2D eigenvalue weighted by atomic mass is 9.68. The Bertz CT molecular complexity index is 515. The lowest BCUT2D eigenvalue weighted by molar-refractivity contribution is -0.132. The minimum atomic E-state index is -0.302. The van der Waals surface area contributed by atoms with E-state index in [1.54, 1.807) is 18.3 Å². The zero-order chi connectivity index (χ0) is 14.6. The third kappa shape index (κ3) is 3.21. The van der Waals surface area contributed by atoms with Crippen molar-refractivity contribution in [2.24, 2.45) is 5.41 Å². The Balaban J connectivity index is 2.03. The molecule has 2 rings (SSSR count). The first-order valence-corrected chi connectivity index (χ1v) is 7.38. The Morgan fingerprint density at radius 3 is 3.05 bits per heavy atom. The van der Waals surface area contributed by atoms with Crippen LogP contribution in [0.1, 0.15) is 39.0 Å². The Labute approximate surface area is 125 Å². The van der Waals surface area contributed by atoms with Crippen LogP contribution in [0.4, 0.5) is 0 Å². The van der Waals surface area contributed by atoms with Gasteiger partial charge in [-0.15, -0.1) is 0 Å². The molecule has 20 heavy (non-hydrogen) atoms. The van der Waals surface area contributed by atoms with Crippen molar-refractivity contribution in [3.63, 3.8) is 0 Å². The normalized spacial score (nSPS) is 22.6. The number of pyridine rings is 1. The molecule has 0 aromatic carbocycles. The van der Waals surface area contributed by atoms with Crippen molar-refractivity contribution in [2.75, 3.05) is 6.61 Å². The smallest absolute Gasteiger partial charge is 0.176 e. The number of halogens is 1. The van der Waals surface area contributed by atoms with Gasteiger partial charge >= 0.3 is 0 Å². The summed E-state index contributed by atoms with van der Waals surface area (Å²) in [5.41, 5.74) is 0.871. The maximum absolute atomic E-state index is 12.6. The maximum Gasteiger partial charge on any atom is 0.176 e. The molecule has 0 saturated heterocycles. The number of Topliss-reactive ketones (excluding diaryl/α,β-unsaturated/α-hetero) is 1. The lowest BCUT2D eigenvalue weighted by Gasteiger charge is -2.36. The second-order valence-electron chi connectivity index (χ2n) is 5.42. The van der Waals surface area contributed by atoms with Gasteiger partial charge in [0.05, 0.1) is 0 Å². The number of ether oxygens (including phenoxy) is 1. The van der Waals surface area contributed by atoms with E-state index < -0.39 is 0 Å². The number of nitrogens with zero attached hydrogens (tertiary/aromatic N) is 1. The number of aromatic nitrogens is 1. The van der Waals surface area contributed by atoms with Gasteiger partial charge in [-0.2, -0.15) is 0 Å². The van der Waals surface area contributed by atoms with E-state index in [0.29, 0.717) is 10.9 Å². The van der Waals surface area contributed by atoms with Crippen LogP contribution in [0, 0.1) is 5.41 Å². The number of hydrogen-bond donors (Lipinski definition) is 0. The van der Waals surface area contributed by atoms with Crippen LogP contribution >= 0.6 is 11.6 Å². The predicted octanol–water partition coefficient (Wildman–Crippen LogP) is 4.21. The fourth-order valence-electron chi connectivity index (χ4n) is 2.84. The SMILES string of the molecule is C=C1CCCC(CC)(C(=O)COc2cccnc2Cl)C1. The second-order valence-corrected chi connectivity index (χ2v) is 5.78. The molecular weight excluding hydrogens is 274 g/mol. The summed E-state index contributed by atoms with van der Waals surface area (Å²) < 4.78 is 5.54. The fourth-order valence-corrected chi connectivity index (χ4v) is 3.02. The molecule has 1 atom stereocenters. The molecule has 1 aromatic rings. The van der Waals surface area contributed by atoms with Gasteiger partial charge in [-0.1, -0.05) is 30.7 Å². The summed E-state index contributed by atoms with van der Waals surface area (Å²) in [7, 11) is 0. The molecule has 0 radical (unpaired) electrons. The Kier molecular flexibility index (Phi) is 4.81. The molecule has 1 aliphatic carbocycles. The van der Waals surface area contributed by atoms with Crippen LogP contribution in [0.5, 0.6) is 5.75 Å². The van der Waals surface area contributed by atoms with Crippen molar-refractivity contribution in [3.05, 3.63) is 35.6 Å². The number of carbonyl (C=O) groups excluding carboxylic acids is 1. The fraction of sp³-hybridized carbons (Fsp3) is 0.500. The van der Waals surface area contributed by atoms with Gasteiger partial charge in [0.25, 0.3) is 0 Å². The molecule has 108 valence electrons. The van der Waals surface area contributed by atoms with Gasteiger partial charge in [0.15, 0.2) is 16.7 Å². The van der Waals surface area contributed by atoms with Crippen LogP contribution < -0.4 is 4.74 Å². The quantitative estimate of drug-likeness (QED) is 0.603. The number of ketones is 1. The van der Waals surface area contributed by atoms with E-state index in [4.69, 9.17) is 16.3 Å². The van der Waals surface area contributed by atoms with E-state index in [9.17, 15) is 4.79 Å². The van der Waals surface area contributed by atoms with Gasteiger partial charge < -0.3 is 4.74 Å². The molecule has 0 bridgehead atoms. The molecule has 1 aliphatic rings. The molecule has 0 N–H and O–H groups in total. The lowest BCUT2D eigenvalue weighted by Crippen LogP contribution is -2.37. The molecule has 1 fully saturated rings. The van der Waals surface area contributed by atoms with E-state index in [2.05, 4.69) is 18.5 Å². The zero-order valence-electron chi connectivity index (χ0n) is 11.8. The van der Waals surface area contributed by atoms with Gasteiger partial charge in [-0.25, -0.2) is 4.98 Å². The Hall–Kier alpha value is -1.35. The highest BCUT2D eigenvalue weighted by Crippen LogP contribution is 2.42. The summed E-state index contributed by atoms with van der Waals surface area (Å²) in [5, 5.41) is 0.291. The molecule has 1 unspecified atom stereocenters. The van der Waals surface area contributed by atoms with Gasteiger partial charge in [-0.05, 0) is 44.2 Å². The van der Waals surface area contributed by atoms with E-state index in [-0.39, 0.29) is 17.8 Å².